The summed E-state index contributed by atoms with van der Waals surface area (Å²) in [5.41, 5.74) is 5.67. The molecule has 2 fully saturated rings. The van der Waals surface area contributed by atoms with Crippen LogP contribution in [0.15, 0.2) is 47.4 Å². The number of hydrogen-bond acceptors (Lipinski definition) is 5. The molecule has 0 aliphatic carbocycles. The van der Waals surface area contributed by atoms with Crippen LogP contribution in [0, 0.1) is 6.92 Å². The molecule has 0 spiro atoms. The van der Waals surface area contributed by atoms with E-state index in [1.165, 1.54) is 5.56 Å². The van der Waals surface area contributed by atoms with Gasteiger partial charge in [0.2, 0.25) is 0 Å². The van der Waals surface area contributed by atoms with E-state index in [0.717, 1.165) is 54.9 Å². The topological polar surface area (TPSA) is 82.9 Å². The van der Waals surface area contributed by atoms with Gasteiger partial charge in [-0.15, -0.1) is 0 Å². The van der Waals surface area contributed by atoms with Crippen LogP contribution in [0.2, 0.25) is 0 Å². The van der Waals surface area contributed by atoms with Gasteiger partial charge >= 0.3 is 0 Å². The first-order valence-electron chi connectivity index (χ1n) is 13.2. The zero-order valence-electron chi connectivity index (χ0n) is 21.2. The van der Waals surface area contributed by atoms with Crippen LogP contribution in [0.25, 0.3) is 16.6 Å². The van der Waals surface area contributed by atoms with E-state index in [9.17, 15) is 9.59 Å². The number of hydrogen-bond donors (Lipinski definition) is 1. The van der Waals surface area contributed by atoms with Gasteiger partial charge in [-0.1, -0.05) is 18.2 Å². The zero-order valence-corrected chi connectivity index (χ0v) is 21.2. The van der Waals surface area contributed by atoms with Gasteiger partial charge in [-0.3, -0.25) is 14.0 Å². The van der Waals surface area contributed by atoms with Gasteiger partial charge in [-0.05, 0) is 69.1 Å². The number of para-hydroxylation sites is 1. The number of nitrogens with one attached hydrogen (secondary N) is 1. The molecular weight excluding hydrogens is 466 g/mol. The summed E-state index contributed by atoms with van der Waals surface area (Å²) in [4.78, 5) is 39.3. The summed E-state index contributed by atoms with van der Waals surface area (Å²) in [5, 5.41) is 0. The number of H-pyrrole nitrogens is 1. The molecule has 2 aromatic heterocycles. The van der Waals surface area contributed by atoms with E-state index in [2.05, 4.69) is 40.1 Å². The number of aromatic nitrogens is 3. The van der Waals surface area contributed by atoms with Gasteiger partial charge in [0.1, 0.15) is 11.3 Å². The lowest BCUT2D eigenvalue weighted by atomic mass is 9.89. The van der Waals surface area contributed by atoms with E-state index in [1.54, 1.807) is 6.20 Å². The number of likely N-dealkylation sites (N-methyl/N-ethyl adjacent to an activating group) is 1. The van der Waals surface area contributed by atoms with Crippen molar-refractivity contribution in [1.29, 1.82) is 0 Å². The number of carbonyl (C=O) groups is 1. The molecule has 0 saturated carbocycles. The van der Waals surface area contributed by atoms with Gasteiger partial charge in [0.25, 0.3) is 11.5 Å². The van der Waals surface area contributed by atoms with E-state index >= 15 is 0 Å². The van der Waals surface area contributed by atoms with Crippen LogP contribution in [-0.2, 0) is 4.74 Å². The first-order chi connectivity index (χ1) is 18.0. The van der Waals surface area contributed by atoms with Gasteiger partial charge in [-0.25, -0.2) is 4.98 Å². The summed E-state index contributed by atoms with van der Waals surface area (Å²) in [5.74, 6) is 1.45. The molecule has 1 amide bonds. The summed E-state index contributed by atoms with van der Waals surface area (Å²) >= 11 is 0. The maximum Gasteiger partial charge on any atom is 0.274 e. The van der Waals surface area contributed by atoms with Crippen LogP contribution in [0.1, 0.15) is 58.4 Å². The molecule has 4 aromatic rings. The molecule has 3 aliphatic heterocycles. The Morgan fingerprint density at radius 1 is 1.11 bits per heavy atom. The van der Waals surface area contributed by atoms with E-state index in [1.807, 2.05) is 34.4 Å². The molecule has 0 bridgehead atoms. The Balaban J connectivity index is 1.35. The Morgan fingerprint density at radius 3 is 2.76 bits per heavy atom. The second kappa shape index (κ2) is 8.53. The Hall–Kier alpha value is -3.49. The van der Waals surface area contributed by atoms with Gasteiger partial charge in [0.05, 0.1) is 17.2 Å². The van der Waals surface area contributed by atoms with Crippen LogP contribution in [0.3, 0.4) is 0 Å². The molecule has 3 aliphatic rings. The number of fused-ring (bicyclic) bond motifs is 6. The van der Waals surface area contributed by atoms with Crippen molar-refractivity contribution < 1.29 is 9.53 Å². The number of nitrogens with zero attached hydrogens (tertiary/aromatic N) is 4. The Kier molecular flexibility index (Phi) is 5.23. The third-order valence-corrected chi connectivity index (χ3v) is 8.60. The summed E-state index contributed by atoms with van der Waals surface area (Å²) < 4.78 is 7.54. The van der Waals surface area contributed by atoms with Crippen LogP contribution in [0.5, 0.6) is 0 Å². The molecule has 2 atom stereocenters. The molecule has 1 N–H and O–H groups in total. The number of aryl methyl sites for hydroxylation is 1. The number of likely N-dealkylation sites (tertiary alicyclic amines) is 1. The quantitative estimate of drug-likeness (QED) is 0.455. The highest BCUT2D eigenvalue weighted by atomic mass is 16.5. The molecule has 2 aromatic carbocycles. The highest BCUT2D eigenvalue weighted by molar-refractivity contribution is 6.10. The first kappa shape index (κ1) is 22.7. The number of amides is 1. The largest absolute Gasteiger partial charge is 0.381 e. The number of ether oxygens (including phenoxy) is 1. The van der Waals surface area contributed by atoms with Crippen molar-refractivity contribution in [2.24, 2.45) is 0 Å². The van der Waals surface area contributed by atoms with Gasteiger partial charge < -0.3 is 19.5 Å². The van der Waals surface area contributed by atoms with E-state index in [0.29, 0.717) is 35.7 Å². The van der Waals surface area contributed by atoms with Crippen molar-refractivity contribution in [2.45, 2.75) is 44.1 Å². The maximum absolute atomic E-state index is 14.2. The fourth-order valence-corrected chi connectivity index (χ4v) is 6.72. The third kappa shape index (κ3) is 3.46. The molecule has 5 heterocycles. The first-order valence-corrected chi connectivity index (χ1v) is 13.2. The number of anilines is 1. The number of aromatic amines is 1. The minimum atomic E-state index is -0.192. The van der Waals surface area contributed by atoms with E-state index in [4.69, 9.17) is 4.74 Å². The average Bonchev–Trinajstić information content (AvgIpc) is 3.50. The molecule has 0 radical (unpaired) electrons. The summed E-state index contributed by atoms with van der Waals surface area (Å²) in [6.45, 7) is 5.31. The average molecular weight is 498 g/mol. The lowest BCUT2D eigenvalue weighted by Gasteiger charge is -2.36. The molecular formula is C29H31N5O3. The van der Waals surface area contributed by atoms with Crippen LogP contribution in [-0.4, -0.2) is 64.6 Å². The van der Waals surface area contributed by atoms with E-state index in [-0.39, 0.29) is 23.4 Å². The smallest absolute Gasteiger partial charge is 0.274 e. The lowest BCUT2D eigenvalue weighted by molar-refractivity contribution is 0.0835. The second-order valence-electron chi connectivity index (χ2n) is 10.8. The number of imidazole rings is 1. The van der Waals surface area contributed by atoms with Crippen LogP contribution >= 0.6 is 0 Å². The fourth-order valence-electron chi connectivity index (χ4n) is 6.72. The third-order valence-electron chi connectivity index (χ3n) is 8.60. The second-order valence-corrected chi connectivity index (χ2v) is 10.8. The summed E-state index contributed by atoms with van der Waals surface area (Å²) in [6, 6.07) is 12.4. The number of piperidine rings is 1. The highest BCUT2D eigenvalue weighted by Crippen LogP contribution is 2.45. The fraction of sp³-hybridized carbons (Fsp3) is 0.414. The monoisotopic (exact) mass is 497 g/mol. The number of carbonyl (C=O) groups excluding carboxylic acids is 1. The molecule has 7 rings (SSSR count). The van der Waals surface area contributed by atoms with Crippen LogP contribution < -0.4 is 10.5 Å². The predicted molar refractivity (Wildman–Crippen MR) is 143 cm³/mol. The summed E-state index contributed by atoms with van der Waals surface area (Å²) in [7, 11) is 2.15. The van der Waals surface area contributed by atoms with Crippen molar-refractivity contribution >= 4 is 28.1 Å². The Morgan fingerprint density at radius 2 is 1.92 bits per heavy atom. The molecule has 2 unspecified atom stereocenters. The van der Waals surface area contributed by atoms with Crippen molar-refractivity contribution in [2.75, 3.05) is 38.3 Å². The van der Waals surface area contributed by atoms with Gasteiger partial charge in [0.15, 0.2) is 0 Å². The molecule has 190 valence electrons. The minimum Gasteiger partial charge on any atom is -0.381 e. The molecule has 2 saturated heterocycles. The van der Waals surface area contributed by atoms with Gasteiger partial charge in [0, 0.05) is 48.9 Å². The Labute approximate surface area is 214 Å². The Bertz CT molecular complexity index is 1600. The van der Waals surface area contributed by atoms with Gasteiger partial charge in [-0.2, -0.15) is 0 Å². The van der Waals surface area contributed by atoms with Crippen molar-refractivity contribution in [3.05, 3.63) is 75.5 Å². The molecule has 8 heteroatoms. The lowest BCUT2D eigenvalue weighted by Crippen LogP contribution is -2.47. The van der Waals surface area contributed by atoms with Crippen molar-refractivity contribution in [1.82, 2.24) is 19.3 Å². The normalized spacial score (nSPS) is 22.5. The SMILES string of the molecule is Cc1cc2c(cc1C(=O)N1c3ccccc3C3CN(C)CCC31)[nH]c(=O)c1cnc(C3CCOCC3)n12. The summed E-state index contributed by atoms with van der Waals surface area (Å²) in [6.07, 6.45) is 4.37. The van der Waals surface area contributed by atoms with Crippen molar-refractivity contribution in [3.8, 4) is 0 Å². The van der Waals surface area contributed by atoms with E-state index < -0.39 is 0 Å². The molecule has 37 heavy (non-hydrogen) atoms. The number of benzene rings is 2. The minimum absolute atomic E-state index is 0.000123. The van der Waals surface area contributed by atoms with Crippen LogP contribution in [0.4, 0.5) is 5.69 Å². The standard InChI is InChI=1S/C29H31N5O3/c1-17-13-25-22(31-28(35)26-15-30-27(33(25)26)18-8-11-37-12-9-18)14-20(17)29(36)34-23-6-4-3-5-19(23)21-16-32(2)10-7-24(21)34/h3-6,13-15,18,21,24H,7-12,16H2,1-2H3,(H,31,35). The highest BCUT2D eigenvalue weighted by Gasteiger charge is 2.44. The van der Waals surface area contributed by atoms with Crippen molar-refractivity contribution in [3.63, 3.8) is 0 Å². The zero-order chi connectivity index (χ0) is 25.3. The molecule has 8 nitrogen and oxygen atoms in total. The predicted octanol–water partition coefficient (Wildman–Crippen LogP) is 3.83. The number of rotatable bonds is 2. The maximum atomic E-state index is 14.2.